The van der Waals surface area contributed by atoms with E-state index in [1.54, 1.807) is 0 Å². The van der Waals surface area contributed by atoms with Crippen LogP contribution in [0.15, 0.2) is 18.2 Å². The Bertz CT molecular complexity index is 589. The van der Waals surface area contributed by atoms with Crippen molar-refractivity contribution in [3.8, 4) is 5.75 Å². The molecule has 0 aliphatic carbocycles. The molecule has 0 radical (unpaired) electrons. The van der Waals surface area contributed by atoms with Gasteiger partial charge >= 0.3 is 5.97 Å². The zero-order valence-corrected chi connectivity index (χ0v) is 15.3. The van der Waals surface area contributed by atoms with Crippen LogP contribution in [0.1, 0.15) is 30.9 Å². The van der Waals surface area contributed by atoms with Crippen molar-refractivity contribution in [3.05, 3.63) is 29.3 Å². The van der Waals surface area contributed by atoms with Gasteiger partial charge in [-0.1, -0.05) is 25.1 Å². The van der Waals surface area contributed by atoms with E-state index in [4.69, 9.17) is 9.84 Å². The lowest BCUT2D eigenvalue weighted by atomic mass is 10.0. The molecule has 1 aromatic rings. The van der Waals surface area contributed by atoms with Crippen LogP contribution < -0.4 is 4.74 Å². The lowest BCUT2D eigenvalue weighted by Crippen LogP contribution is -2.49. The van der Waals surface area contributed by atoms with Crippen LogP contribution in [0.3, 0.4) is 0 Å². The van der Waals surface area contributed by atoms with Crippen LogP contribution in [0.5, 0.6) is 5.75 Å². The van der Waals surface area contributed by atoms with E-state index in [0.29, 0.717) is 19.6 Å². The number of likely N-dealkylation sites (tertiary alicyclic amines) is 1. The molecule has 0 saturated carbocycles. The molecule has 25 heavy (non-hydrogen) atoms. The third-order valence-electron chi connectivity index (χ3n) is 4.83. The quantitative estimate of drug-likeness (QED) is 0.817. The molecule has 0 spiro atoms. The number of likely N-dealkylation sites (N-methyl/N-ethyl adjacent to an activating group) is 1. The largest absolute Gasteiger partial charge is 0.483 e. The number of hydrogen-bond donors (Lipinski definition) is 1. The van der Waals surface area contributed by atoms with Crippen LogP contribution in [-0.4, -0.2) is 65.6 Å². The molecule has 0 atom stereocenters. The third-order valence-corrected chi connectivity index (χ3v) is 4.83. The summed E-state index contributed by atoms with van der Waals surface area (Å²) in [6.07, 6.45) is 1.60. The molecular weight excluding hydrogens is 320 g/mol. The minimum atomic E-state index is -0.803. The van der Waals surface area contributed by atoms with Crippen molar-refractivity contribution in [3.63, 3.8) is 0 Å². The fraction of sp³-hybridized carbons (Fsp3) is 0.579. The average Bonchev–Trinajstić information content (AvgIpc) is 2.59. The van der Waals surface area contributed by atoms with E-state index in [1.807, 2.05) is 48.8 Å². The summed E-state index contributed by atoms with van der Waals surface area (Å²) in [5.41, 5.74) is 2.05. The Morgan fingerprint density at radius 2 is 1.84 bits per heavy atom. The van der Waals surface area contributed by atoms with Crippen LogP contribution >= 0.6 is 0 Å². The van der Waals surface area contributed by atoms with Gasteiger partial charge in [0, 0.05) is 19.1 Å². The van der Waals surface area contributed by atoms with Crippen molar-refractivity contribution in [2.24, 2.45) is 0 Å². The highest BCUT2D eigenvalue weighted by Crippen LogP contribution is 2.23. The van der Waals surface area contributed by atoms with Gasteiger partial charge in [-0.2, -0.15) is 0 Å². The molecule has 6 heteroatoms. The Kier molecular flexibility index (Phi) is 6.82. The van der Waals surface area contributed by atoms with Crippen LogP contribution in [0, 0.1) is 13.8 Å². The van der Waals surface area contributed by atoms with Crippen molar-refractivity contribution in [2.45, 2.75) is 39.7 Å². The van der Waals surface area contributed by atoms with Crippen molar-refractivity contribution >= 4 is 11.9 Å². The maximum atomic E-state index is 12.4. The first-order valence-electron chi connectivity index (χ1n) is 8.85. The van der Waals surface area contributed by atoms with Gasteiger partial charge in [-0.15, -0.1) is 0 Å². The van der Waals surface area contributed by atoms with Gasteiger partial charge in [0.1, 0.15) is 5.75 Å². The highest BCUT2D eigenvalue weighted by molar-refractivity contribution is 5.78. The van der Waals surface area contributed by atoms with Crippen LogP contribution in [0.25, 0.3) is 0 Å². The van der Waals surface area contributed by atoms with Crippen molar-refractivity contribution in [2.75, 3.05) is 32.8 Å². The fourth-order valence-corrected chi connectivity index (χ4v) is 3.41. The summed E-state index contributed by atoms with van der Waals surface area (Å²) in [5.74, 6) is -0.0332. The van der Waals surface area contributed by atoms with Crippen LogP contribution in [0.2, 0.25) is 0 Å². The number of para-hydroxylation sites is 1. The highest BCUT2D eigenvalue weighted by Gasteiger charge is 2.27. The molecule has 0 unspecified atom stereocenters. The van der Waals surface area contributed by atoms with E-state index in [1.165, 1.54) is 0 Å². The second-order valence-electron chi connectivity index (χ2n) is 6.58. The molecule has 1 heterocycles. The number of benzene rings is 1. The van der Waals surface area contributed by atoms with E-state index in [9.17, 15) is 9.59 Å². The topological polar surface area (TPSA) is 70.1 Å². The van der Waals surface area contributed by atoms with Crippen molar-refractivity contribution < 1.29 is 19.4 Å². The van der Waals surface area contributed by atoms with Gasteiger partial charge in [0.15, 0.2) is 6.61 Å². The van der Waals surface area contributed by atoms with Gasteiger partial charge in [0.25, 0.3) is 5.91 Å². The zero-order valence-electron chi connectivity index (χ0n) is 15.3. The highest BCUT2D eigenvalue weighted by atomic mass is 16.5. The first-order chi connectivity index (χ1) is 11.9. The normalized spacial score (nSPS) is 15.4. The van der Waals surface area contributed by atoms with Gasteiger partial charge in [0.2, 0.25) is 0 Å². The molecule has 0 bridgehead atoms. The number of amides is 1. The number of hydrogen-bond acceptors (Lipinski definition) is 4. The number of carboxylic acids is 1. The maximum absolute atomic E-state index is 12.4. The second-order valence-corrected chi connectivity index (χ2v) is 6.58. The van der Waals surface area contributed by atoms with Crippen LogP contribution in [0.4, 0.5) is 0 Å². The average molecular weight is 348 g/mol. The molecular formula is C19H28N2O4. The molecule has 2 rings (SSSR count). The number of carboxylic acid groups (broad SMARTS) is 1. The summed E-state index contributed by atoms with van der Waals surface area (Å²) in [4.78, 5) is 27.1. The minimum Gasteiger partial charge on any atom is -0.483 e. The van der Waals surface area contributed by atoms with Gasteiger partial charge in [-0.3, -0.25) is 14.5 Å². The van der Waals surface area contributed by atoms with Crippen LogP contribution in [-0.2, 0) is 9.59 Å². The number of aryl methyl sites for hydroxylation is 2. The minimum absolute atomic E-state index is 0.0117. The standard InChI is InChI=1S/C19H28N2O4/c1-4-20(12-18(23)24)16-8-10-21(11-9-16)17(22)13-25-19-14(2)6-5-7-15(19)3/h5-7,16H,4,8-13H2,1-3H3,(H,23,24). The van der Waals surface area contributed by atoms with E-state index in [2.05, 4.69) is 0 Å². The molecule has 1 fully saturated rings. The molecule has 6 nitrogen and oxygen atoms in total. The van der Waals surface area contributed by atoms with Gasteiger partial charge < -0.3 is 14.7 Å². The van der Waals surface area contributed by atoms with E-state index >= 15 is 0 Å². The van der Waals surface area contributed by atoms with Gasteiger partial charge in [0.05, 0.1) is 6.54 Å². The Balaban J connectivity index is 1.84. The molecule has 1 amide bonds. The molecule has 1 N–H and O–H groups in total. The number of nitrogens with zero attached hydrogens (tertiary/aromatic N) is 2. The summed E-state index contributed by atoms with van der Waals surface area (Å²) in [6.45, 7) is 8.03. The molecule has 1 aromatic carbocycles. The third kappa shape index (κ3) is 5.19. The SMILES string of the molecule is CCN(CC(=O)O)C1CCN(C(=O)COc2c(C)cccc2C)CC1. The number of rotatable bonds is 7. The molecule has 1 saturated heterocycles. The summed E-state index contributed by atoms with van der Waals surface area (Å²) < 4.78 is 5.75. The lowest BCUT2D eigenvalue weighted by Gasteiger charge is -2.37. The molecule has 1 aliphatic heterocycles. The first-order valence-corrected chi connectivity index (χ1v) is 8.85. The predicted octanol–water partition coefficient (Wildman–Crippen LogP) is 2.08. The smallest absolute Gasteiger partial charge is 0.317 e. The van der Waals surface area contributed by atoms with E-state index in [0.717, 1.165) is 29.7 Å². The Labute approximate surface area is 149 Å². The van der Waals surface area contributed by atoms with E-state index < -0.39 is 5.97 Å². The zero-order chi connectivity index (χ0) is 18.4. The number of carbonyl (C=O) groups is 2. The lowest BCUT2D eigenvalue weighted by molar-refractivity contribution is -0.140. The van der Waals surface area contributed by atoms with Crippen molar-refractivity contribution in [1.29, 1.82) is 0 Å². The number of carbonyl (C=O) groups excluding carboxylic acids is 1. The summed E-state index contributed by atoms with van der Waals surface area (Å²) >= 11 is 0. The second kappa shape index (κ2) is 8.85. The molecule has 1 aliphatic rings. The Hall–Kier alpha value is -2.08. The predicted molar refractivity (Wildman–Crippen MR) is 95.9 cm³/mol. The molecule has 138 valence electrons. The number of aliphatic carboxylic acids is 1. The van der Waals surface area contributed by atoms with Crippen molar-refractivity contribution in [1.82, 2.24) is 9.80 Å². The Morgan fingerprint density at radius 1 is 1.24 bits per heavy atom. The number of piperidine rings is 1. The molecule has 0 aromatic heterocycles. The monoisotopic (exact) mass is 348 g/mol. The summed E-state index contributed by atoms with van der Waals surface area (Å²) in [7, 11) is 0. The Morgan fingerprint density at radius 3 is 2.36 bits per heavy atom. The van der Waals surface area contributed by atoms with E-state index in [-0.39, 0.29) is 25.1 Å². The maximum Gasteiger partial charge on any atom is 0.317 e. The number of ether oxygens (including phenoxy) is 1. The summed E-state index contributed by atoms with van der Waals surface area (Å²) in [6, 6.07) is 6.14. The first kappa shape index (κ1) is 19.2. The van der Waals surface area contributed by atoms with Gasteiger partial charge in [-0.25, -0.2) is 0 Å². The fourth-order valence-electron chi connectivity index (χ4n) is 3.41. The van der Waals surface area contributed by atoms with Gasteiger partial charge in [-0.05, 0) is 44.4 Å². The summed E-state index contributed by atoms with van der Waals surface area (Å²) in [5, 5.41) is 8.99.